The van der Waals surface area contributed by atoms with Gasteiger partial charge in [-0.2, -0.15) is 0 Å². The molecule has 0 radical (unpaired) electrons. The first-order valence-electron chi connectivity index (χ1n) is 7.49. The molecule has 0 saturated heterocycles. The molecule has 0 heterocycles. The fourth-order valence-corrected chi connectivity index (χ4v) is 3.25. The van der Waals surface area contributed by atoms with E-state index in [1.807, 2.05) is 6.07 Å². The molecule has 1 saturated carbocycles. The van der Waals surface area contributed by atoms with E-state index in [1.54, 1.807) is 48.5 Å². The summed E-state index contributed by atoms with van der Waals surface area (Å²) < 4.78 is 26.9. The van der Waals surface area contributed by atoms with Crippen LogP contribution in [0.4, 0.5) is 5.69 Å². The zero-order valence-corrected chi connectivity index (χ0v) is 13.3. The Morgan fingerprint density at radius 2 is 1.78 bits per heavy atom. The highest BCUT2D eigenvalue weighted by Gasteiger charge is 2.29. The van der Waals surface area contributed by atoms with E-state index < -0.39 is 10.0 Å². The van der Waals surface area contributed by atoms with Gasteiger partial charge in [-0.1, -0.05) is 30.3 Å². The second kappa shape index (κ2) is 6.52. The van der Waals surface area contributed by atoms with Crippen molar-refractivity contribution in [1.29, 1.82) is 0 Å². The first-order valence-corrected chi connectivity index (χ1v) is 8.97. The number of anilines is 1. The summed E-state index contributed by atoms with van der Waals surface area (Å²) in [5.41, 5.74) is 1.48. The van der Waals surface area contributed by atoms with Crippen LogP contribution in [0.3, 0.4) is 0 Å². The summed E-state index contributed by atoms with van der Waals surface area (Å²) in [6.07, 6.45) is 1.89. The lowest BCUT2D eigenvalue weighted by Gasteiger charge is -2.09. The lowest BCUT2D eigenvalue weighted by atomic mass is 10.2. The normalized spacial score (nSPS) is 14.4. The lowest BCUT2D eigenvalue weighted by Crippen LogP contribution is -2.23. The highest BCUT2D eigenvalue weighted by molar-refractivity contribution is 7.89. The molecule has 120 valence electrons. The molecule has 1 amide bonds. The van der Waals surface area contributed by atoms with Gasteiger partial charge in [0, 0.05) is 18.2 Å². The topological polar surface area (TPSA) is 75.3 Å². The maximum atomic E-state index is 12.2. The highest BCUT2D eigenvalue weighted by atomic mass is 32.2. The number of carbonyl (C=O) groups is 1. The predicted molar refractivity (Wildman–Crippen MR) is 88.3 cm³/mol. The molecule has 2 aromatic rings. The van der Waals surface area contributed by atoms with Crippen molar-refractivity contribution in [2.24, 2.45) is 5.92 Å². The Labute approximate surface area is 135 Å². The Kier molecular flexibility index (Phi) is 4.45. The zero-order valence-electron chi connectivity index (χ0n) is 12.5. The molecule has 6 heteroatoms. The Hall–Kier alpha value is -2.18. The summed E-state index contributed by atoms with van der Waals surface area (Å²) in [5, 5.41) is 2.86. The lowest BCUT2D eigenvalue weighted by molar-refractivity contribution is -0.117. The molecule has 0 spiro atoms. The third-order valence-corrected chi connectivity index (χ3v) is 5.08. The summed E-state index contributed by atoms with van der Waals surface area (Å²) >= 11 is 0. The van der Waals surface area contributed by atoms with E-state index in [1.165, 1.54) is 0 Å². The van der Waals surface area contributed by atoms with Gasteiger partial charge in [-0.3, -0.25) is 4.79 Å². The summed E-state index contributed by atoms with van der Waals surface area (Å²) in [7, 11) is -3.54. The van der Waals surface area contributed by atoms with Crippen LogP contribution in [0.1, 0.15) is 18.4 Å². The number of hydrogen-bond donors (Lipinski definition) is 2. The molecule has 2 N–H and O–H groups in total. The van der Waals surface area contributed by atoms with Crippen molar-refractivity contribution in [2.75, 3.05) is 5.32 Å². The van der Waals surface area contributed by atoms with Crippen LogP contribution in [-0.2, 0) is 21.4 Å². The van der Waals surface area contributed by atoms with Crippen molar-refractivity contribution in [3.8, 4) is 0 Å². The molecule has 0 aromatic heterocycles. The van der Waals surface area contributed by atoms with Crippen molar-refractivity contribution in [2.45, 2.75) is 24.3 Å². The summed E-state index contributed by atoms with van der Waals surface area (Å²) in [5.74, 6) is 0.169. The minimum Gasteiger partial charge on any atom is -0.326 e. The highest BCUT2D eigenvalue weighted by Crippen LogP contribution is 2.30. The largest absolute Gasteiger partial charge is 0.326 e. The quantitative estimate of drug-likeness (QED) is 0.854. The van der Waals surface area contributed by atoms with E-state index >= 15 is 0 Å². The molecule has 0 atom stereocenters. The van der Waals surface area contributed by atoms with Crippen molar-refractivity contribution < 1.29 is 13.2 Å². The second-order valence-corrected chi connectivity index (χ2v) is 7.37. The SMILES string of the molecule is O=C(Nc1cccc(CNS(=O)(=O)c2ccccc2)c1)C1CC1. The molecular weight excluding hydrogens is 312 g/mol. The molecule has 0 bridgehead atoms. The summed E-state index contributed by atoms with van der Waals surface area (Å²) in [6, 6.07) is 15.4. The fourth-order valence-electron chi connectivity index (χ4n) is 2.21. The minimum atomic E-state index is -3.54. The Morgan fingerprint density at radius 1 is 1.04 bits per heavy atom. The number of sulfonamides is 1. The molecule has 23 heavy (non-hydrogen) atoms. The number of carbonyl (C=O) groups excluding carboxylic acids is 1. The van der Waals surface area contributed by atoms with Gasteiger partial charge in [-0.25, -0.2) is 13.1 Å². The van der Waals surface area contributed by atoms with Gasteiger partial charge in [-0.05, 0) is 42.7 Å². The average molecular weight is 330 g/mol. The third-order valence-electron chi connectivity index (χ3n) is 3.66. The zero-order chi connectivity index (χ0) is 16.3. The summed E-state index contributed by atoms with van der Waals surface area (Å²) in [6.45, 7) is 0.171. The molecule has 1 aliphatic carbocycles. The van der Waals surface area contributed by atoms with E-state index in [2.05, 4.69) is 10.0 Å². The standard InChI is InChI=1S/C17H18N2O3S/c20-17(14-9-10-14)19-15-6-4-5-13(11-15)12-18-23(21,22)16-7-2-1-3-8-16/h1-8,11,14,18H,9-10,12H2,(H,19,20). The molecule has 1 fully saturated rings. The van der Waals surface area contributed by atoms with Crippen LogP contribution >= 0.6 is 0 Å². The van der Waals surface area contributed by atoms with E-state index in [0.29, 0.717) is 5.69 Å². The van der Waals surface area contributed by atoms with Crippen LogP contribution in [-0.4, -0.2) is 14.3 Å². The Balaban J connectivity index is 1.65. The van der Waals surface area contributed by atoms with Crippen molar-refractivity contribution >= 4 is 21.6 Å². The Morgan fingerprint density at radius 3 is 2.48 bits per heavy atom. The predicted octanol–water partition coefficient (Wildman–Crippen LogP) is 2.51. The molecule has 0 aliphatic heterocycles. The first-order chi connectivity index (χ1) is 11.0. The second-order valence-electron chi connectivity index (χ2n) is 5.60. The molecular formula is C17H18N2O3S. The number of nitrogens with one attached hydrogen (secondary N) is 2. The molecule has 5 nitrogen and oxygen atoms in total. The first kappa shape index (κ1) is 15.7. The van der Waals surface area contributed by atoms with Gasteiger partial charge in [-0.15, -0.1) is 0 Å². The van der Waals surface area contributed by atoms with Gasteiger partial charge in [0.1, 0.15) is 0 Å². The van der Waals surface area contributed by atoms with E-state index in [-0.39, 0.29) is 23.3 Å². The van der Waals surface area contributed by atoms with Crippen molar-refractivity contribution in [3.05, 3.63) is 60.2 Å². The molecule has 2 aromatic carbocycles. The number of hydrogen-bond acceptors (Lipinski definition) is 3. The smallest absolute Gasteiger partial charge is 0.240 e. The van der Waals surface area contributed by atoms with Crippen molar-refractivity contribution in [1.82, 2.24) is 4.72 Å². The van der Waals surface area contributed by atoms with Crippen LogP contribution < -0.4 is 10.0 Å². The number of benzene rings is 2. The van der Waals surface area contributed by atoms with Gasteiger partial charge >= 0.3 is 0 Å². The number of rotatable bonds is 6. The summed E-state index contributed by atoms with van der Waals surface area (Å²) in [4.78, 5) is 12.0. The van der Waals surface area contributed by atoms with Crippen LogP contribution in [0.25, 0.3) is 0 Å². The van der Waals surface area contributed by atoms with Gasteiger partial charge in [0.05, 0.1) is 4.90 Å². The van der Waals surface area contributed by atoms with Gasteiger partial charge in [0.15, 0.2) is 0 Å². The maximum absolute atomic E-state index is 12.2. The monoisotopic (exact) mass is 330 g/mol. The average Bonchev–Trinajstić information content (AvgIpc) is 3.39. The molecule has 0 unspecified atom stereocenters. The minimum absolute atomic E-state index is 0.0343. The van der Waals surface area contributed by atoms with Crippen LogP contribution in [0, 0.1) is 5.92 Å². The molecule has 3 rings (SSSR count). The molecule has 1 aliphatic rings. The van der Waals surface area contributed by atoms with E-state index in [9.17, 15) is 13.2 Å². The van der Waals surface area contributed by atoms with Crippen LogP contribution in [0.2, 0.25) is 0 Å². The fraction of sp³-hybridized carbons (Fsp3) is 0.235. The maximum Gasteiger partial charge on any atom is 0.240 e. The van der Waals surface area contributed by atoms with Gasteiger partial charge in [0.2, 0.25) is 15.9 Å². The third kappa shape index (κ3) is 4.18. The Bertz CT molecular complexity index is 800. The van der Waals surface area contributed by atoms with Crippen molar-refractivity contribution in [3.63, 3.8) is 0 Å². The van der Waals surface area contributed by atoms with Crippen LogP contribution in [0.15, 0.2) is 59.5 Å². The number of amides is 1. The van der Waals surface area contributed by atoms with Crippen LogP contribution in [0.5, 0.6) is 0 Å². The van der Waals surface area contributed by atoms with E-state index in [4.69, 9.17) is 0 Å². The van der Waals surface area contributed by atoms with Gasteiger partial charge in [0.25, 0.3) is 0 Å². The van der Waals surface area contributed by atoms with Gasteiger partial charge < -0.3 is 5.32 Å². The van der Waals surface area contributed by atoms with E-state index in [0.717, 1.165) is 18.4 Å².